The maximum atomic E-state index is 13.5. The predicted octanol–water partition coefficient (Wildman–Crippen LogP) is 5.95. The number of likely N-dealkylation sites (tertiary alicyclic amines) is 2. The summed E-state index contributed by atoms with van der Waals surface area (Å²) in [5, 5.41) is 5.37. The van der Waals surface area contributed by atoms with Crippen molar-refractivity contribution in [2.45, 2.75) is 77.5 Å². The van der Waals surface area contributed by atoms with Crippen LogP contribution in [0.3, 0.4) is 0 Å². The molecule has 2 aliphatic rings. The molecule has 0 spiro atoms. The summed E-state index contributed by atoms with van der Waals surface area (Å²) in [5.41, 5.74) is 5.29. The summed E-state index contributed by atoms with van der Waals surface area (Å²) in [5.74, 6) is 7.41. The van der Waals surface area contributed by atoms with E-state index in [1.807, 2.05) is 76.2 Å². The lowest BCUT2D eigenvalue weighted by Gasteiger charge is -2.30. The molecule has 2 fully saturated rings. The van der Waals surface area contributed by atoms with Gasteiger partial charge in [0.2, 0.25) is 11.8 Å². The number of nitrogens with one attached hydrogen (secondary N) is 4. The Morgan fingerprint density at radius 2 is 1.04 bits per heavy atom. The summed E-state index contributed by atoms with van der Waals surface area (Å²) in [6.07, 6.45) is 5.55. The van der Waals surface area contributed by atoms with E-state index in [0.29, 0.717) is 24.7 Å². The van der Waals surface area contributed by atoms with Crippen LogP contribution in [0.2, 0.25) is 0 Å². The van der Waals surface area contributed by atoms with Gasteiger partial charge in [-0.05, 0) is 72.9 Å². The number of hydrogen-bond donors (Lipinski definition) is 4. The van der Waals surface area contributed by atoms with Crippen molar-refractivity contribution < 1.29 is 28.7 Å². The molecule has 4 N–H and O–H groups in total. The van der Waals surface area contributed by atoms with Gasteiger partial charge in [-0.2, -0.15) is 0 Å². The standard InChI is InChI=1S/C42H50N8O6/c1-25(2)35(47-41(53)55-5)39(51)49-21-7-9-33(49)37-43-23-31(45-37)29-17-13-27(14-18-29)11-12-28-15-19-30(20-16-28)32-24-44-38(46-32)34-10-8-22-50(34)40(52)36(26(3)4)48-42(54)56-6/h13-20,23-26,33-36H,7-10,21-22H2,1-6H3,(H,43,45)(H,44,46)(H,47,53)(H,48,54)/t33-,34?,35-,36-/m0/s1. The fourth-order valence-electron chi connectivity index (χ4n) is 7.30. The van der Waals surface area contributed by atoms with Crippen molar-refractivity contribution in [1.82, 2.24) is 40.4 Å². The average Bonchev–Trinajstić information content (AvgIpc) is 4.04. The van der Waals surface area contributed by atoms with Gasteiger partial charge in [-0.15, -0.1) is 0 Å². The van der Waals surface area contributed by atoms with Gasteiger partial charge in [0.05, 0.1) is 50.1 Å². The molecule has 14 heteroatoms. The van der Waals surface area contributed by atoms with E-state index in [1.54, 1.807) is 22.2 Å². The van der Waals surface area contributed by atoms with Gasteiger partial charge in [0.25, 0.3) is 0 Å². The Bertz CT molecular complexity index is 1930. The number of ether oxygens (including phenoxy) is 2. The van der Waals surface area contributed by atoms with E-state index in [9.17, 15) is 19.2 Å². The lowest BCUT2D eigenvalue weighted by molar-refractivity contribution is -0.136. The molecule has 4 atom stereocenters. The molecule has 2 aromatic carbocycles. The number of aromatic amines is 2. The van der Waals surface area contributed by atoms with Gasteiger partial charge in [-0.3, -0.25) is 9.59 Å². The third-order valence-corrected chi connectivity index (χ3v) is 10.4. The number of nitrogens with zero attached hydrogens (tertiary/aromatic N) is 4. The molecular weight excluding hydrogens is 713 g/mol. The van der Waals surface area contributed by atoms with E-state index in [4.69, 9.17) is 9.47 Å². The molecular formula is C42H50N8O6. The van der Waals surface area contributed by atoms with Crippen LogP contribution in [-0.4, -0.2) is 93.1 Å². The summed E-state index contributed by atoms with van der Waals surface area (Å²) in [6.45, 7) is 8.76. The van der Waals surface area contributed by atoms with Crippen LogP contribution in [0.5, 0.6) is 0 Å². The summed E-state index contributed by atoms with van der Waals surface area (Å²) in [6, 6.07) is 14.0. The first kappa shape index (κ1) is 39.6. The molecule has 4 heterocycles. The Morgan fingerprint density at radius 1 is 0.661 bits per heavy atom. The van der Waals surface area contributed by atoms with Gasteiger partial charge in [0.15, 0.2) is 0 Å². The quantitative estimate of drug-likeness (QED) is 0.143. The van der Waals surface area contributed by atoms with Crippen LogP contribution < -0.4 is 10.6 Å². The van der Waals surface area contributed by atoms with Crippen molar-refractivity contribution in [1.29, 1.82) is 0 Å². The van der Waals surface area contributed by atoms with Gasteiger partial charge < -0.3 is 39.9 Å². The molecule has 0 aliphatic carbocycles. The zero-order valence-electron chi connectivity index (χ0n) is 32.7. The molecule has 294 valence electrons. The Kier molecular flexibility index (Phi) is 12.4. The van der Waals surface area contributed by atoms with Crippen LogP contribution in [0, 0.1) is 23.7 Å². The Balaban J connectivity index is 1.08. The number of carbonyl (C=O) groups excluding carboxylic acids is 4. The van der Waals surface area contributed by atoms with Gasteiger partial charge in [0, 0.05) is 24.2 Å². The lowest BCUT2D eigenvalue weighted by Crippen LogP contribution is -2.51. The molecule has 2 aliphatic heterocycles. The summed E-state index contributed by atoms with van der Waals surface area (Å²) >= 11 is 0. The number of rotatable bonds is 10. The molecule has 56 heavy (non-hydrogen) atoms. The van der Waals surface area contributed by atoms with Gasteiger partial charge in [-0.25, -0.2) is 19.6 Å². The minimum Gasteiger partial charge on any atom is -0.453 e. The summed E-state index contributed by atoms with van der Waals surface area (Å²) < 4.78 is 9.49. The van der Waals surface area contributed by atoms with Crippen LogP contribution in [0.25, 0.3) is 22.5 Å². The summed E-state index contributed by atoms with van der Waals surface area (Å²) in [7, 11) is 2.57. The number of amides is 4. The highest BCUT2D eigenvalue weighted by Crippen LogP contribution is 2.34. The highest BCUT2D eigenvalue weighted by molar-refractivity contribution is 5.87. The second-order valence-corrected chi connectivity index (χ2v) is 14.9. The third-order valence-electron chi connectivity index (χ3n) is 10.4. The smallest absolute Gasteiger partial charge is 0.407 e. The van der Waals surface area contributed by atoms with E-state index in [-0.39, 0.29) is 35.7 Å². The number of aromatic nitrogens is 4. The highest BCUT2D eigenvalue weighted by Gasteiger charge is 2.39. The van der Waals surface area contributed by atoms with Crippen molar-refractivity contribution in [3.05, 3.63) is 83.7 Å². The molecule has 4 aromatic rings. The molecule has 0 bridgehead atoms. The van der Waals surface area contributed by atoms with Crippen molar-refractivity contribution in [3.8, 4) is 34.4 Å². The van der Waals surface area contributed by atoms with E-state index >= 15 is 0 Å². The molecule has 0 radical (unpaired) electrons. The number of imidazole rings is 2. The lowest BCUT2D eigenvalue weighted by atomic mass is 10.0. The number of alkyl carbamates (subject to hydrolysis) is 2. The minimum atomic E-state index is -0.690. The van der Waals surface area contributed by atoms with Crippen LogP contribution >= 0.6 is 0 Å². The van der Waals surface area contributed by atoms with Crippen LogP contribution in [0.4, 0.5) is 9.59 Å². The molecule has 2 saturated heterocycles. The highest BCUT2D eigenvalue weighted by atomic mass is 16.5. The van der Waals surface area contributed by atoms with Gasteiger partial charge >= 0.3 is 12.2 Å². The molecule has 6 rings (SSSR count). The average molecular weight is 763 g/mol. The number of methoxy groups -OCH3 is 2. The van der Waals surface area contributed by atoms with Crippen LogP contribution in [0.1, 0.15) is 88.2 Å². The van der Waals surface area contributed by atoms with Crippen LogP contribution in [0.15, 0.2) is 60.9 Å². The topological polar surface area (TPSA) is 175 Å². The second-order valence-electron chi connectivity index (χ2n) is 14.9. The van der Waals surface area contributed by atoms with Gasteiger partial charge in [-0.1, -0.05) is 63.8 Å². The largest absolute Gasteiger partial charge is 0.453 e. The van der Waals surface area contributed by atoms with E-state index in [2.05, 4.69) is 42.4 Å². The van der Waals surface area contributed by atoms with E-state index < -0.39 is 24.3 Å². The molecule has 2 aromatic heterocycles. The molecule has 0 saturated carbocycles. The second kappa shape index (κ2) is 17.6. The normalized spacial score (nSPS) is 17.6. The number of carbonyl (C=O) groups is 4. The van der Waals surface area contributed by atoms with Crippen molar-refractivity contribution >= 4 is 24.0 Å². The SMILES string of the molecule is COC(=O)N[C@H](C(=O)N1CCCC1c1ncc(-c2ccc(C#Cc3ccc(-c4cnc([C@@H]5CCCN5C(=O)[C@@H](NC(=O)OC)C(C)C)[nH]4)cc3)cc2)[nH]1)C(C)C. The number of H-pyrrole nitrogens is 2. The Morgan fingerprint density at radius 3 is 1.38 bits per heavy atom. The first-order chi connectivity index (χ1) is 27.0. The first-order valence-corrected chi connectivity index (χ1v) is 19.1. The van der Waals surface area contributed by atoms with Crippen molar-refractivity contribution in [3.63, 3.8) is 0 Å². The maximum absolute atomic E-state index is 13.5. The molecule has 4 amide bonds. The monoisotopic (exact) mass is 762 g/mol. The summed E-state index contributed by atoms with van der Waals surface area (Å²) in [4.78, 5) is 70.5. The third kappa shape index (κ3) is 8.88. The Labute approximate surface area is 327 Å². The predicted molar refractivity (Wildman–Crippen MR) is 210 cm³/mol. The molecule has 14 nitrogen and oxygen atoms in total. The minimum absolute atomic E-state index is 0.106. The van der Waals surface area contributed by atoms with E-state index in [0.717, 1.165) is 59.3 Å². The number of hydrogen-bond acceptors (Lipinski definition) is 8. The van der Waals surface area contributed by atoms with Gasteiger partial charge in [0.1, 0.15) is 23.7 Å². The zero-order chi connectivity index (χ0) is 39.9. The zero-order valence-corrected chi connectivity index (χ0v) is 32.7. The van der Waals surface area contributed by atoms with Crippen LogP contribution in [-0.2, 0) is 19.1 Å². The fraction of sp³-hybridized carbons (Fsp3) is 0.429. The van der Waals surface area contributed by atoms with Crippen molar-refractivity contribution in [2.24, 2.45) is 11.8 Å². The Hall–Kier alpha value is -6.10. The first-order valence-electron chi connectivity index (χ1n) is 19.1. The molecule has 1 unspecified atom stereocenters. The van der Waals surface area contributed by atoms with E-state index in [1.165, 1.54) is 14.2 Å². The van der Waals surface area contributed by atoms with Crippen molar-refractivity contribution in [2.75, 3.05) is 27.3 Å². The maximum Gasteiger partial charge on any atom is 0.407 e. The number of benzene rings is 2. The fourth-order valence-corrected chi connectivity index (χ4v) is 7.30.